The fourth-order valence-electron chi connectivity index (χ4n) is 3.12. The summed E-state index contributed by atoms with van der Waals surface area (Å²) in [5, 5.41) is 5.35. The number of hydrogen-bond acceptors (Lipinski definition) is 2. The van der Waals surface area contributed by atoms with Crippen LogP contribution in [0.2, 0.25) is 0 Å². The first kappa shape index (κ1) is 14.5. The minimum absolute atomic E-state index is 0.00479. The van der Waals surface area contributed by atoms with Crippen molar-refractivity contribution in [3.05, 3.63) is 46.4 Å². The molecule has 1 fully saturated rings. The van der Waals surface area contributed by atoms with Crippen molar-refractivity contribution < 1.29 is 4.79 Å². The smallest absolute Gasteiger partial charge is 0.251 e. The van der Waals surface area contributed by atoms with E-state index in [0.717, 1.165) is 34.5 Å². The molecule has 0 aromatic heterocycles. The van der Waals surface area contributed by atoms with E-state index in [-0.39, 0.29) is 11.9 Å². The summed E-state index contributed by atoms with van der Waals surface area (Å²) in [7, 11) is 0. The summed E-state index contributed by atoms with van der Waals surface area (Å²) >= 11 is 3.46. The first-order valence-electron chi connectivity index (χ1n) is 7.37. The summed E-state index contributed by atoms with van der Waals surface area (Å²) in [6.45, 7) is 0.649. The van der Waals surface area contributed by atoms with Gasteiger partial charge in [0.2, 0.25) is 0 Å². The highest BCUT2D eigenvalue weighted by atomic mass is 79.9. The molecule has 1 aliphatic carbocycles. The lowest BCUT2D eigenvalue weighted by Gasteiger charge is -2.19. The molecule has 3 N–H and O–H groups in total. The quantitative estimate of drug-likeness (QED) is 0.893. The molecule has 110 valence electrons. The molecule has 2 aromatic rings. The van der Waals surface area contributed by atoms with E-state index in [4.69, 9.17) is 5.73 Å². The van der Waals surface area contributed by atoms with Crippen LogP contribution in [0.15, 0.2) is 40.9 Å². The zero-order valence-electron chi connectivity index (χ0n) is 11.8. The van der Waals surface area contributed by atoms with Crippen molar-refractivity contribution in [1.82, 2.24) is 5.32 Å². The third-order valence-electron chi connectivity index (χ3n) is 4.34. The third-order valence-corrected chi connectivity index (χ3v) is 4.84. The number of halogens is 1. The zero-order valence-corrected chi connectivity index (χ0v) is 13.4. The van der Waals surface area contributed by atoms with Gasteiger partial charge in [0, 0.05) is 16.1 Å². The van der Waals surface area contributed by atoms with E-state index in [0.29, 0.717) is 18.0 Å². The van der Waals surface area contributed by atoms with E-state index in [1.54, 1.807) is 0 Å². The Morgan fingerprint density at radius 3 is 2.76 bits per heavy atom. The zero-order chi connectivity index (χ0) is 14.8. The van der Waals surface area contributed by atoms with Gasteiger partial charge in [-0.1, -0.05) is 34.5 Å². The molecule has 2 atom stereocenters. The molecule has 3 nitrogen and oxygen atoms in total. The van der Waals surface area contributed by atoms with Crippen molar-refractivity contribution in [2.75, 3.05) is 6.54 Å². The van der Waals surface area contributed by atoms with Crippen molar-refractivity contribution in [3.8, 4) is 0 Å². The van der Waals surface area contributed by atoms with E-state index in [1.807, 2.05) is 30.3 Å². The van der Waals surface area contributed by atoms with Gasteiger partial charge < -0.3 is 11.1 Å². The molecule has 0 heterocycles. The van der Waals surface area contributed by atoms with Gasteiger partial charge in [0.05, 0.1) is 0 Å². The summed E-state index contributed by atoms with van der Waals surface area (Å²) in [5.74, 6) is 0.426. The summed E-state index contributed by atoms with van der Waals surface area (Å²) in [6.07, 6.45) is 3.31. The van der Waals surface area contributed by atoms with Crippen LogP contribution in [0.25, 0.3) is 10.8 Å². The summed E-state index contributed by atoms with van der Waals surface area (Å²) in [5.41, 5.74) is 6.49. The van der Waals surface area contributed by atoms with Gasteiger partial charge in [0.25, 0.3) is 5.91 Å². The molecular weight excluding hydrogens is 328 g/mol. The number of rotatable bonds is 3. The Labute approximate surface area is 133 Å². The fourth-order valence-corrected chi connectivity index (χ4v) is 3.50. The van der Waals surface area contributed by atoms with E-state index in [2.05, 4.69) is 27.3 Å². The van der Waals surface area contributed by atoms with Gasteiger partial charge in [-0.25, -0.2) is 0 Å². The van der Waals surface area contributed by atoms with Crippen LogP contribution >= 0.6 is 15.9 Å². The molecule has 1 aliphatic rings. The predicted molar refractivity (Wildman–Crippen MR) is 89.3 cm³/mol. The van der Waals surface area contributed by atoms with Gasteiger partial charge >= 0.3 is 0 Å². The normalized spacial score (nSPS) is 21.6. The second-order valence-corrected chi connectivity index (χ2v) is 6.63. The SMILES string of the molecule is NCC1CCCC1NC(=O)c1ccc2cc(Br)ccc2c1. The van der Waals surface area contributed by atoms with Crippen molar-refractivity contribution >= 4 is 32.6 Å². The Balaban J connectivity index is 1.79. The summed E-state index contributed by atoms with van der Waals surface area (Å²) < 4.78 is 1.05. The maximum absolute atomic E-state index is 12.4. The molecule has 0 radical (unpaired) electrons. The van der Waals surface area contributed by atoms with Gasteiger partial charge in [-0.3, -0.25) is 4.79 Å². The van der Waals surface area contributed by atoms with E-state index in [9.17, 15) is 4.79 Å². The van der Waals surface area contributed by atoms with Crippen LogP contribution in [0, 0.1) is 5.92 Å². The van der Waals surface area contributed by atoms with Crippen LogP contribution in [0.1, 0.15) is 29.6 Å². The first-order chi connectivity index (χ1) is 10.2. The van der Waals surface area contributed by atoms with E-state index < -0.39 is 0 Å². The minimum Gasteiger partial charge on any atom is -0.349 e. The molecule has 2 unspecified atom stereocenters. The van der Waals surface area contributed by atoms with Crippen LogP contribution in [0.3, 0.4) is 0 Å². The van der Waals surface area contributed by atoms with Gasteiger partial charge in [-0.05, 0) is 60.3 Å². The largest absolute Gasteiger partial charge is 0.349 e. The first-order valence-corrected chi connectivity index (χ1v) is 8.17. The second-order valence-electron chi connectivity index (χ2n) is 5.71. The number of carbonyl (C=O) groups excluding carboxylic acids is 1. The molecule has 0 saturated heterocycles. The van der Waals surface area contributed by atoms with Crippen molar-refractivity contribution in [3.63, 3.8) is 0 Å². The summed E-state index contributed by atoms with van der Waals surface area (Å²) in [6, 6.07) is 12.1. The highest BCUT2D eigenvalue weighted by Gasteiger charge is 2.27. The van der Waals surface area contributed by atoms with Crippen LogP contribution in [0.4, 0.5) is 0 Å². The molecule has 4 heteroatoms. The molecule has 1 amide bonds. The summed E-state index contributed by atoms with van der Waals surface area (Å²) in [4.78, 5) is 12.4. The molecule has 0 aliphatic heterocycles. The lowest BCUT2D eigenvalue weighted by Crippen LogP contribution is -2.39. The van der Waals surface area contributed by atoms with E-state index >= 15 is 0 Å². The Bertz CT molecular complexity index is 671. The highest BCUT2D eigenvalue weighted by Crippen LogP contribution is 2.25. The van der Waals surface area contributed by atoms with E-state index in [1.165, 1.54) is 0 Å². The molecule has 0 spiro atoms. The van der Waals surface area contributed by atoms with Crippen molar-refractivity contribution in [2.45, 2.75) is 25.3 Å². The van der Waals surface area contributed by atoms with Crippen LogP contribution in [-0.2, 0) is 0 Å². The van der Waals surface area contributed by atoms with Gasteiger partial charge in [-0.15, -0.1) is 0 Å². The number of carbonyl (C=O) groups is 1. The molecule has 21 heavy (non-hydrogen) atoms. The topological polar surface area (TPSA) is 55.1 Å². The molecule has 3 rings (SSSR count). The van der Waals surface area contributed by atoms with Crippen LogP contribution < -0.4 is 11.1 Å². The van der Waals surface area contributed by atoms with Gasteiger partial charge in [0.1, 0.15) is 0 Å². The Kier molecular flexibility index (Phi) is 4.27. The number of nitrogens with one attached hydrogen (secondary N) is 1. The van der Waals surface area contributed by atoms with Gasteiger partial charge in [-0.2, -0.15) is 0 Å². The number of nitrogens with two attached hydrogens (primary N) is 1. The lowest BCUT2D eigenvalue weighted by molar-refractivity contribution is 0.0929. The Morgan fingerprint density at radius 2 is 1.95 bits per heavy atom. The molecule has 2 aromatic carbocycles. The highest BCUT2D eigenvalue weighted by molar-refractivity contribution is 9.10. The van der Waals surface area contributed by atoms with Crippen LogP contribution in [0.5, 0.6) is 0 Å². The second kappa shape index (κ2) is 6.16. The Morgan fingerprint density at radius 1 is 1.19 bits per heavy atom. The number of amides is 1. The number of hydrogen-bond donors (Lipinski definition) is 2. The van der Waals surface area contributed by atoms with Crippen LogP contribution in [-0.4, -0.2) is 18.5 Å². The number of fused-ring (bicyclic) bond motifs is 1. The maximum atomic E-state index is 12.4. The standard InChI is InChI=1S/C17H19BrN2O/c18-15-7-6-11-8-13(5-4-12(11)9-15)17(21)20-16-3-1-2-14(16)10-19/h4-9,14,16H,1-3,10,19H2,(H,20,21). The van der Waals surface area contributed by atoms with Crippen molar-refractivity contribution in [1.29, 1.82) is 0 Å². The van der Waals surface area contributed by atoms with Crippen molar-refractivity contribution in [2.24, 2.45) is 11.7 Å². The minimum atomic E-state index is 0.00479. The third kappa shape index (κ3) is 3.11. The molecular formula is C17H19BrN2O. The number of benzene rings is 2. The van der Waals surface area contributed by atoms with Gasteiger partial charge in [0.15, 0.2) is 0 Å². The molecule has 0 bridgehead atoms. The molecule has 1 saturated carbocycles. The monoisotopic (exact) mass is 346 g/mol. The lowest BCUT2D eigenvalue weighted by atomic mass is 10.0. The predicted octanol–water partition coefficient (Wildman–Crippen LogP) is 3.46. The average molecular weight is 347 g/mol. The average Bonchev–Trinajstić information content (AvgIpc) is 2.93. The fraction of sp³-hybridized carbons (Fsp3) is 0.353. The Hall–Kier alpha value is -1.39. The maximum Gasteiger partial charge on any atom is 0.251 e.